The van der Waals surface area contributed by atoms with Crippen molar-refractivity contribution in [3.63, 3.8) is 0 Å². The van der Waals surface area contributed by atoms with Crippen LogP contribution >= 0.6 is 0 Å². The topological polar surface area (TPSA) is 27.7 Å². The largest absolute Gasteiger partial charge is 0.497 e. The predicted octanol–water partition coefficient (Wildman–Crippen LogP) is 5.59. The maximum Gasteiger partial charge on any atom is 0.131 e. The summed E-state index contributed by atoms with van der Waals surface area (Å²) in [6, 6.07) is 23.0. The number of rotatable bonds is 5. The zero-order chi connectivity index (χ0) is 16.1. The lowest BCUT2D eigenvalue weighted by atomic mass is 10.2. The summed E-state index contributed by atoms with van der Waals surface area (Å²) in [5.41, 5.74) is 1.16. The molecular formula is C20H18O3. The van der Waals surface area contributed by atoms with Crippen LogP contribution in [-0.2, 0) is 0 Å². The number of hydrogen-bond donors (Lipinski definition) is 0. The van der Waals surface area contributed by atoms with Crippen molar-refractivity contribution in [3.05, 3.63) is 78.4 Å². The molecule has 0 aliphatic rings. The van der Waals surface area contributed by atoms with Crippen LogP contribution in [0.1, 0.15) is 5.56 Å². The van der Waals surface area contributed by atoms with E-state index in [0.29, 0.717) is 5.75 Å². The first-order chi connectivity index (χ1) is 11.2. The van der Waals surface area contributed by atoms with Gasteiger partial charge in [-0.2, -0.15) is 0 Å². The molecule has 0 heterocycles. The number of methoxy groups -OCH3 is 1. The summed E-state index contributed by atoms with van der Waals surface area (Å²) in [7, 11) is 1.63. The van der Waals surface area contributed by atoms with E-state index < -0.39 is 0 Å². The molecule has 0 saturated carbocycles. The van der Waals surface area contributed by atoms with Crippen LogP contribution in [0.25, 0.3) is 0 Å². The minimum absolute atomic E-state index is 0.711. The van der Waals surface area contributed by atoms with Gasteiger partial charge in [-0.25, -0.2) is 0 Å². The molecule has 0 amide bonds. The van der Waals surface area contributed by atoms with E-state index in [1.54, 1.807) is 7.11 Å². The first-order valence-electron chi connectivity index (χ1n) is 7.39. The van der Waals surface area contributed by atoms with E-state index in [1.165, 1.54) is 0 Å². The van der Waals surface area contributed by atoms with Crippen molar-refractivity contribution in [3.8, 4) is 28.7 Å². The second-order valence-electron chi connectivity index (χ2n) is 5.17. The third-order valence-electron chi connectivity index (χ3n) is 3.31. The highest BCUT2D eigenvalue weighted by molar-refractivity contribution is 5.41. The number of benzene rings is 3. The van der Waals surface area contributed by atoms with Crippen LogP contribution in [0.5, 0.6) is 28.7 Å². The van der Waals surface area contributed by atoms with Gasteiger partial charge in [0.15, 0.2) is 0 Å². The molecule has 3 heteroatoms. The van der Waals surface area contributed by atoms with Crippen molar-refractivity contribution in [1.29, 1.82) is 0 Å². The van der Waals surface area contributed by atoms with Gasteiger partial charge in [-0.05, 0) is 48.9 Å². The zero-order valence-corrected chi connectivity index (χ0v) is 13.2. The first-order valence-corrected chi connectivity index (χ1v) is 7.39. The average molecular weight is 306 g/mol. The lowest BCUT2D eigenvalue weighted by molar-refractivity contribution is 0.408. The normalized spacial score (nSPS) is 10.2. The Morgan fingerprint density at radius 3 is 1.52 bits per heavy atom. The van der Waals surface area contributed by atoms with Crippen LogP contribution in [0, 0.1) is 6.92 Å². The quantitative estimate of drug-likeness (QED) is 0.615. The Hall–Kier alpha value is -2.94. The molecule has 0 spiro atoms. The van der Waals surface area contributed by atoms with Gasteiger partial charge in [0.2, 0.25) is 0 Å². The number of hydrogen-bond acceptors (Lipinski definition) is 3. The molecular weight excluding hydrogens is 288 g/mol. The standard InChI is InChI=1S/C20H18O3/c1-15-6-3-8-17(12-15)22-19-10-5-11-20(14-19)23-18-9-4-7-16(13-18)21-2/h3-14H,1-2H3. The molecule has 23 heavy (non-hydrogen) atoms. The Morgan fingerprint density at radius 1 is 0.565 bits per heavy atom. The maximum atomic E-state index is 5.88. The van der Waals surface area contributed by atoms with Crippen molar-refractivity contribution in [1.82, 2.24) is 0 Å². The number of aryl methyl sites for hydroxylation is 1. The third kappa shape index (κ3) is 4.04. The molecule has 0 radical (unpaired) electrons. The predicted molar refractivity (Wildman–Crippen MR) is 90.8 cm³/mol. The van der Waals surface area contributed by atoms with Gasteiger partial charge in [-0.15, -0.1) is 0 Å². The Kier molecular flexibility index (Phi) is 4.48. The molecule has 0 saturated heterocycles. The van der Waals surface area contributed by atoms with Crippen LogP contribution in [0.2, 0.25) is 0 Å². The molecule has 3 nitrogen and oxygen atoms in total. The summed E-state index contributed by atoms with van der Waals surface area (Å²) >= 11 is 0. The monoisotopic (exact) mass is 306 g/mol. The van der Waals surface area contributed by atoms with Gasteiger partial charge in [0.1, 0.15) is 28.7 Å². The van der Waals surface area contributed by atoms with Gasteiger partial charge in [0.05, 0.1) is 7.11 Å². The lowest BCUT2D eigenvalue weighted by Crippen LogP contribution is -1.88. The lowest BCUT2D eigenvalue weighted by Gasteiger charge is -2.10. The zero-order valence-electron chi connectivity index (χ0n) is 13.2. The van der Waals surface area contributed by atoms with Crippen molar-refractivity contribution in [2.24, 2.45) is 0 Å². The average Bonchev–Trinajstić information content (AvgIpc) is 2.55. The molecule has 0 unspecified atom stereocenters. The van der Waals surface area contributed by atoms with E-state index in [-0.39, 0.29) is 0 Å². The number of ether oxygens (including phenoxy) is 3. The molecule has 0 atom stereocenters. The van der Waals surface area contributed by atoms with Crippen molar-refractivity contribution in [2.45, 2.75) is 6.92 Å². The molecule has 3 aromatic carbocycles. The van der Waals surface area contributed by atoms with E-state index in [1.807, 2.05) is 79.7 Å². The van der Waals surface area contributed by atoms with Gasteiger partial charge in [0, 0.05) is 12.1 Å². The maximum absolute atomic E-state index is 5.88. The van der Waals surface area contributed by atoms with Gasteiger partial charge in [-0.3, -0.25) is 0 Å². The molecule has 0 bridgehead atoms. The summed E-state index contributed by atoms with van der Waals surface area (Å²) in [5, 5.41) is 0. The van der Waals surface area contributed by atoms with Crippen molar-refractivity contribution in [2.75, 3.05) is 7.11 Å². The fourth-order valence-electron chi connectivity index (χ4n) is 2.22. The highest BCUT2D eigenvalue weighted by Gasteiger charge is 2.03. The molecule has 3 rings (SSSR count). The van der Waals surface area contributed by atoms with Crippen molar-refractivity contribution < 1.29 is 14.2 Å². The second kappa shape index (κ2) is 6.88. The Bertz CT molecular complexity index is 796. The summed E-state index contributed by atoms with van der Waals surface area (Å²) in [5.74, 6) is 3.73. The van der Waals surface area contributed by atoms with E-state index >= 15 is 0 Å². The summed E-state index contributed by atoms with van der Waals surface area (Å²) < 4.78 is 16.9. The van der Waals surface area contributed by atoms with E-state index in [0.717, 1.165) is 28.6 Å². The second-order valence-corrected chi connectivity index (χ2v) is 5.17. The van der Waals surface area contributed by atoms with Crippen LogP contribution in [0.15, 0.2) is 72.8 Å². The Morgan fingerprint density at radius 2 is 1.00 bits per heavy atom. The van der Waals surface area contributed by atoms with Crippen molar-refractivity contribution >= 4 is 0 Å². The van der Waals surface area contributed by atoms with E-state index in [4.69, 9.17) is 14.2 Å². The highest BCUT2D eigenvalue weighted by Crippen LogP contribution is 2.29. The third-order valence-corrected chi connectivity index (χ3v) is 3.31. The molecule has 0 aliphatic heterocycles. The Balaban J connectivity index is 1.76. The molecule has 0 aliphatic carbocycles. The minimum atomic E-state index is 0.711. The first kappa shape index (κ1) is 15.0. The molecule has 0 N–H and O–H groups in total. The van der Waals surface area contributed by atoms with Crippen LogP contribution in [0.3, 0.4) is 0 Å². The van der Waals surface area contributed by atoms with Gasteiger partial charge in [-0.1, -0.05) is 24.3 Å². The fourth-order valence-corrected chi connectivity index (χ4v) is 2.22. The summed E-state index contributed by atoms with van der Waals surface area (Å²) in [6.45, 7) is 2.04. The molecule has 116 valence electrons. The highest BCUT2D eigenvalue weighted by atomic mass is 16.5. The van der Waals surface area contributed by atoms with Crippen LogP contribution in [-0.4, -0.2) is 7.11 Å². The van der Waals surface area contributed by atoms with E-state index in [2.05, 4.69) is 0 Å². The summed E-state index contributed by atoms with van der Waals surface area (Å²) in [6.07, 6.45) is 0. The smallest absolute Gasteiger partial charge is 0.131 e. The van der Waals surface area contributed by atoms with Crippen LogP contribution in [0.4, 0.5) is 0 Å². The minimum Gasteiger partial charge on any atom is -0.497 e. The van der Waals surface area contributed by atoms with Gasteiger partial charge < -0.3 is 14.2 Å². The molecule has 3 aromatic rings. The Labute approximate surface area is 136 Å². The van der Waals surface area contributed by atoms with Gasteiger partial charge >= 0.3 is 0 Å². The van der Waals surface area contributed by atoms with E-state index in [9.17, 15) is 0 Å². The van der Waals surface area contributed by atoms with Crippen LogP contribution < -0.4 is 14.2 Å². The fraction of sp³-hybridized carbons (Fsp3) is 0.100. The molecule has 0 fully saturated rings. The van der Waals surface area contributed by atoms with Gasteiger partial charge in [0.25, 0.3) is 0 Å². The molecule has 0 aromatic heterocycles. The SMILES string of the molecule is COc1cccc(Oc2cccc(Oc3cccc(C)c3)c2)c1. The summed E-state index contributed by atoms with van der Waals surface area (Å²) in [4.78, 5) is 0.